The predicted molar refractivity (Wildman–Crippen MR) is 77.0 cm³/mol. The van der Waals surface area contributed by atoms with Gasteiger partial charge in [-0.15, -0.1) is 0 Å². The maximum Gasteiger partial charge on any atom is 0.335 e. The molecule has 0 saturated carbocycles. The summed E-state index contributed by atoms with van der Waals surface area (Å²) in [5, 5.41) is 9.11. The van der Waals surface area contributed by atoms with Crippen LogP contribution in [0.25, 0.3) is 6.08 Å². The van der Waals surface area contributed by atoms with Crippen molar-refractivity contribution < 1.29 is 19.4 Å². The molecule has 5 heteroatoms. The number of hydrogen-bond donors (Lipinski definition) is 1. The van der Waals surface area contributed by atoms with Crippen LogP contribution in [0.1, 0.15) is 34.3 Å². The molecule has 108 valence electrons. The molecule has 0 aliphatic carbocycles. The number of ketones is 1. The number of nitrogens with zero attached hydrogens (tertiary/aromatic N) is 1. The molecule has 0 saturated heterocycles. The molecule has 0 atom stereocenters. The van der Waals surface area contributed by atoms with E-state index >= 15 is 0 Å². The zero-order chi connectivity index (χ0) is 14.6. The first-order valence-electron chi connectivity index (χ1n) is 7.20. The second-order valence-corrected chi connectivity index (χ2v) is 5.70. The second kappa shape index (κ2) is 4.35. The first kappa shape index (κ1) is 12.4. The average Bonchev–Trinajstić information content (AvgIpc) is 2.49. The Kier molecular flexibility index (Phi) is 2.58. The number of carboxylic acids is 1. The van der Waals surface area contributed by atoms with E-state index in [4.69, 9.17) is 9.84 Å². The van der Waals surface area contributed by atoms with Crippen molar-refractivity contribution in [3.8, 4) is 5.75 Å². The molecule has 5 nitrogen and oxygen atoms in total. The van der Waals surface area contributed by atoms with Gasteiger partial charge in [0.15, 0.2) is 5.78 Å². The minimum absolute atomic E-state index is 0.0153. The zero-order valence-electron chi connectivity index (χ0n) is 11.5. The van der Waals surface area contributed by atoms with Crippen molar-refractivity contribution in [3.05, 3.63) is 28.3 Å². The highest BCUT2D eigenvalue weighted by molar-refractivity contribution is 6.08. The Bertz CT molecular complexity index is 705. The number of anilines is 1. The van der Waals surface area contributed by atoms with Crippen LogP contribution in [-0.2, 0) is 11.2 Å². The van der Waals surface area contributed by atoms with Crippen molar-refractivity contribution in [3.63, 3.8) is 0 Å². The summed E-state index contributed by atoms with van der Waals surface area (Å²) >= 11 is 0. The lowest BCUT2D eigenvalue weighted by atomic mass is 9.87. The molecule has 1 aromatic rings. The quantitative estimate of drug-likeness (QED) is 0.853. The molecule has 4 rings (SSSR count). The highest BCUT2D eigenvalue weighted by atomic mass is 16.5. The summed E-state index contributed by atoms with van der Waals surface area (Å²) in [6, 6.07) is 1.99. The van der Waals surface area contributed by atoms with Crippen LogP contribution in [0.5, 0.6) is 5.75 Å². The van der Waals surface area contributed by atoms with Gasteiger partial charge in [0.2, 0.25) is 0 Å². The summed E-state index contributed by atoms with van der Waals surface area (Å²) in [7, 11) is 0. The van der Waals surface area contributed by atoms with E-state index in [0.29, 0.717) is 17.7 Å². The van der Waals surface area contributed by atoms with Crippen molar-refractivity contribution in [2.45, 2.75) is 19.3 Å². The first-order chi connectivity index (χ1) is 10.1. The van der Waals surface area contributed by atoms with Gasteiger partial charge in [-0.1, -0.05) is 0 Å². The smallest absolute Gasteiger partial charge is 0.335 e. The number of carboxylic acid groups (broad SMARTS) is 1. The van der Waals surface area contributed by atoms with Crippen molar-refractivity contribution in [2.75, 3.05) is 24.6 Å². The van der Waals surface area contributed by atoms with Gasteiger partial charge in [0, 0.05) is 25.1 Å². The molecule has 0 radical (unpaired) electrons. The highest BCUT2D eigenvalue weighted by Gasteiger charge is 2.34. The van der Waals surface area contributed by atoms with E-state index in [1.165, 1.54) is 0 Å². The standard InChI is InChI=1S/C16H15NO4/c18-12-3-5-17-4-1-2-9-6-10-7-11(16(19)20)8-21-15(10)13(12)14(9)17/h6-7H,1-5,8H2,(H,19,20). The Labute approximate surface area is 121 Å². The summed E-state index contributed by atoms with van der Waals surface area (Å²) in [6.45, 7) is 1.76. The molecule has 21 heavy (non-hydrogen) atoms. The van der Waals surface area contributed by atoms with Crippen molar-refractivity contribution >= 4 is 23.5 Å². The number of Topliss-reactive ketones (excluding diaryl/α,β-unsaturated/α-hetero) is 1. The Morgan fingerprint density at radius 3 is 2.95 bits per heavy atom. The Morgan fingerprint density at radius 1 is 1.29 bits per heavy atom. The van der Waals surface area contributed by atoms with Gasteiger partial charge in [0.1, 0.15) is 12.4 Å². The third-order valence-corrected chi connectivity index (χ3v) is 4.41. The van der Waals surface area contributed by atoms with Gasteiger partial charge < -0.3 is 14.7 Å². The fourth-order valence-corrected chi connectivity index (χ4v) is 3.47. The van der Waals surface area contributed by atoms with Crippen molar-refractivity contribution in [2.24, 2.45) is 0 Å². The fraction of sp³-hybridized carbons (Fsp3) is 0.375. The van der Waals surface area contributed by atoms with Gasteiger partial charge in [0.05, 0.1) is 16.8 Å². The van der Waals surface area contributed by atoms with E-state index in [1.807, 2.05) is 6.07 Å². The molecule has 3 heterocycles. The number of hydrogen-bond acceptors (Lipinski definition) is 4. The molecule has 0 amide bonds. The summed E-state index contributed by atoms with van der Waals surface area (Å²) < 4.78 is 5.64. The Morgan fingerprint density at radius 2 is 2.14 bits per heavy atom. The number of ether oxygens (including phenoxy) is 1. The third kappa shape index (κ3) is 1.77. The van der Waals surface area contributed by atoms with Gasteiger partial charge in [0.25, 0.3) is 0 Å². The van der Waals surface area contributed by atoms with Crippen LogP contribution in [-0.4, -0.2) is 36.6 Å². The number of fused-ring (bicyclic) bond motifs is 2. The van der Waals surface area contributed by atoms with Gasteiger partial charge in [-0.2, -0.15) is 0 Å². The molecule has 0 unspecified atom stereocenters. The predicted octanol–water partition coefficient (Wildman–Crippen LogP) is 1.89. The van der Waals surface area contributed by atoms with Crippen LogP contribution in [0.3, 0.4) is 0 Å². The molecule has 0 spiro atoms. The third-order valence-electron chi connectivity index (χ3n) is 4.41. The molecular weight excluding hydrogens is 270 g/mol. The van der Waals surface area contributed by atoms with Gasteiger partial charge in [-0.3, -0.25) is 4.79 Å². The Hall–Kier alpha value is -2.30. The normalized spacial score (nSPS) is 19.3. The van der Waals surface area contributed by atoms with E-state index in [9.17, 15) is 9.59 Å². The second-order valence-electron chi connectivity index (χ2n) is 5.70. The fourth-order valence-electron chi connectivity index (χ4n) is 3.47. The van der Waals surface area contributed by atoms with Crippen LogP contribution in [0.2, 0.25) is 0 Å². The monoisotopic (exact) mass is 285 g/mol. The molecule has 3 aliphatic heterocycles. The largest absolute Gasteiger partial charge is 0.487 e. The van der Waals surface area contributed by atoms with Crippen LogP contribution in [0.4, 0.5) is 5.69 Å². The lowest BCUT2D eigenvalue weighted by molar-refractivity contribution is -0.132. The van der Waals surface area contributed by atoms with Crippen molar-refractivity contribution in [1.82, 2.24) is 0 Å². The SMILES string of the molecule is O=C(O)C1=Cc2cc3c4c(c2OC1)C(=O)CCN4CCC3. The number of rotatable bonds is 1. The first-order valence-corrected chi connectivity index (χ1v) is 7.20. The van der Waals surface area contributed by atoms with Gasteiger partial charge >= 0.3 is 5.97 Å². The summed E-state index contributed by atoms with van der Waals surface area (Å²) in [5.74, 6) is -0.302. The van der Waals surface area contributed by atoms with Crippen LogP contribution < -0.4 is 9.64 Å². The minimum Gasteiger partial charge on any atom is -0.487 e. The Balaban J connectivity index is 1.97. The lowest BCUT2D eigenvalue weighted by Crippen LogP contribution is -2.37. The zero-order valence-corrected chi connectivity index (χ0v) is 11.5. The molecule has 1 aromatic carbocycles. The van der Waals surface area contributed by atoms with Crippen LogP contribution in [0.15, 0.2) is 11.6 Å². The van der Waals surface area contributed by atoms with E-state index in [-0.39, 0.29) is 18.0 Å². The minimum atomic E-state index is -0.972. The summed E-state index contributed by atoms with van der Waals surface area (Å²) in [4.78, 5) is 25.7. The number of carbonyl (C=O) groups excluding carboxylic acids is 1. The molecule has 0 bridgehead atoms. The molecule has 0 aromatic heterocycles. The van der Waals surface area contributed by atoms with Crippen LogP contribution >= 0.6 is 0 Å². The molecule has 0 fully saturated rings. The number of aryl methyl sites for hydroxylation is 1. The molecule has 1 N–H and O–H groups in total. The summed E-state index contributed by atoms with van der Waals surface area (Å²) in [6.07, 6.45) is 4.13. The molecular formula is C16H15NO4. The van der Waals surface area contributed by atoms with E-state index in [2.05, 4.69) is 4.90 Å². The lowest BCUT2D eigenvalue weighted by Gasteiger charge is -2.37. The maximum atomic E-state index is 12.4. The number of carbonyl (C=O) groups is 2. The van der Waals surface area contributed by atoms with E-state index in [0.717, 1.165) is 42.7 Å². The number of aliphatic carboxylic acids is 1. The van der Waals surface area contributed by atoms with E-state index in [1.54, 1.807) is 6.08 Å². The van der Waals surface area contributed by atoms with E-state index < -0.39 is 5.97 Å². The van der Waals surface area contributed by atoms with Crippen molar-refractivity contribution in [1.29, 1.82) is 0 Å². The maximum absolute atomic E-state index is 12.4. The van der Waals surface area contributed by atoms with Crippen LogP contribution in [0, 0.1) is 0 Å². The number of benzene rings is 1. The molecule has 3 aliphatic rings. The summed E-state index contributed by atoms with van der Waals surface area (Å²) in [5.41, 5.74) is 3.77. The average molecular weight is 285 g/mol. The van der Waals surface area contributed by atoms with Gasteiger partial charge in [-0.05, 0) is 30.5 Å². The van der Waals surface area contributed by atoms with Gasteiger partial charge in [-0.25, -0.2) is 4.79 Å². The topological polar surface area (TPSA) is 66.8 Å². The highest BCUT2D eigenvalue weighted by Crippen LogP contribution is 2.44.